The summed E-state index contributed by atoms with van der Waals surface area (Å²) in [6.45, 7) is 9.33. The second kappa shape index (κ2) is 7.08. The first-order valence-electron chi connectivity index (χ1n) is 9.17. The zero-order chi connectivity index (χ0) is 18.3. The number of hydrogen-bond acceptors (Lipinski definition) is 5. The van der Waals surface area contributed by atoms with Gasteiger partial charge in [0.1, 0.15) is 6.04 Å². The van der Waals surface area contributed by atoms with Crippen molar-refractivity contribution in [2.45, 2.75) is 44.6 Å². The molecule has 0 spiro atoms. The Morgan fingerprint density at radius 3 is 2.88 bits per heavy atom. The number of aryl methyl sites for hydroxylation is 1. The van der Waals surface area contributed by atoms with Gasteiger partial charge >= 0.3 is 0 Å². The van der Waals surface area contributed by atoms with Gasteiger partial charge in [0.15, 0.2) is 5.17 Å². The number of nitrogens with zero attached hydrogens (tertiary/aromatic N) is 4. The van der Waals surface area contributed by atoms with Crippen LogP contribution in [0.4, 0.5) is 0 Å². The summed E-state index contributed by atoms with van der Waals surface area (Å²) in [4.78, 5) is 12.2. The van der Waals surface area contributed by atoms with Gasteiger partial charge in [-0.15, -0.1) is 0 Å². The summed E-state index contributed by atoms with van der Waals surface area (Å²) in [7, 11) is 1.76. The Hall–Kier alpha value is -1.79. The highest BCUT2D eigenvalue weighted by atomic mass is 32.2. The van der Waals surface area contributed by atoms with Crippen LogP contribution in [-0.4, -0.2) is 45.1 Å². The molecule has 2 aromatic rings. The maximum atomic E-state index is 5.30. The molecule has 5 nitrogen and oxygen atoms in total. The molecule has 3 atom stereocenters. The Labute approximate surface area is 159 Å². The first kappa shape index (κ1) is 17.6. The van der Waals surface area contributed by atoms with Crippen molar-refractivity contribution in [2.24, 2.45) is 4.99 Å². The zero-order valence-electron chi connectivity index (χ0n) is 15.8. The Kier molecular flexibility index (Phi) is 4.80. The third-order valence-corrected chi connectivity index (χ3v) is 6.43. The van der Waals surface area contributed by atoms with Gasteiger partial charge < -0.3 is 14.2 Å². The van der Waals surface area contributed by atoms with E-state index in [1.807, 2.05) is 24.0 Å². The maximum absolute atomic E-state index is 5.30. The fraction of sp³-hybridized carbons (Fsp3) is 0.500. The normalized spacial score (nSPS) is 24.8. The second-order valence-electron chi connectivity index (χ2n) is 7.11. The standard InChI is InChI=1S/C20H26N4OS/c1-13-11-16(15(3)23(13)9-10-25-4)19-18(17-7-5-6-8-21-17)22-20-24(19)12-14(2)26-20/h5-8,11,14,18-19H,9-10,12H2,1-4H3/t14-,18-,19-/m1/s1. The molecule has 0 bridgehead atoms. The Balaban J connectivity index is 1.75. The van der Waals surface area contributed by atoms with Crippen LogP contribution in [0.5, 0.6) is 0 Å². The van der Waals surface area contributed by atoms with E-state index in [0.717, 1.165) is 25.4 Å². The van der Waals surface area contributed by atoms with Crippen molar-refractivity contribution in [3.63, 3.8) is 0 Å². The molecule has 0 radical (unpaired) electrons. The van der Waals surface area contributed by atoms with Crippen LogP contribution in [0.1, 0.15) is 41.7 Å². The Morgan fingerprint density at radius 1 is 1.31 bits per heavy atom. The number of methoxy groups -OCH3 is 1. The van der Waals surface area contributed by atoms with Crippen LogP contribution in [-0.2, 0) is 11.3 Å². The molecule has 0 N–H and O–H groups in total. The summed E-state index contributed by atoms with van der Waals surface area (Å²) < 4.78 is 7.66. The summed E-state index contributed by atoms with van der Waals surface area (Å²) in [5, 5.41) is 1.75. The monoisotopic (exact) mass is 370 g/mol. The van der Waals surface area contributed by atoms with Gasteiger partial charge in [-0.25, -0.2) is 0 Å². The molecule has 0 unspecified atom stereocenters. The topological polar surface area (TPSA) is 42.6 Å². The lowest BCUT2D eigenvalue weighted by Gasteiger charge is -2.27. The molecule has 6 heteroatoms. The van der Waals surface area contributed by atoms with E-state index < -0.39 is 0 Å². The molecule has 2 aliphatic rings. The molecule has 26 heavy (non-hydrogen) atoms. The van der Waals surface area contributed by atoms with E-state index in [4.69, 9.17) is 9.73 Å². The summed E-state index contributed by atoms with van der Waals surface area (Å²) in [5.41, 5.74) is 5.01. The molecule has 2 aliphatic heterocycles. The van der Waals surface area contributed by atoms with E-state index >= 15 is 0 Å². The second-order valence-corrected chi connectivity index (χ2v) is 8.51. The van der Waals surface area contributed by atoms with Crippen LogP contribution in [0, 0.1) is 13.8 Å². The molecule has 0 aliphatic carbocycles. The molecule has 0 saturated carbocycles. The number of amidine groups is 1. The number of pyridine rings is 1. The zero-order valence-corrected chi connectivity index (χ0v) is 16.7. The number of ether oxygens (including phenoxy) is 1. The van der Waals surface area contributed by atoms with E-state index in [-0.39, 0.29) is 12.1 Å². The van der Waals surface area contributed by atoms with Crippen LogP contribution >= 0.6 is 11.8 Å². The van der Waals surface area contributed by atoms with Crippen molar-refractivity contribution in [3.05, 3.63) is 53.1 Å². The van der Waals surface area contributed by atoms with Crippen molar-refractivity contribution in [1.29, 1.82) is 0 Å². The lowest BCUT2D eigenvalue weighted by atomic mass is 9.96. The van der Waals surface area contributed by atoms with E-state index in [1.54, 1.807) is 7.11 Å². The SMILES string of the molecule is COCCn1c(C)cc([C@@H]2[C@@H](c3ccccn3)N=C3S[C@H](C)CN32)c1C. The predicted molar refractivity (Wildman–Crippen MR) is 107 cm³/mol. The number of thioether (sulfide) groups is 1. The average molecular weight is 371 g/mol. The molecule has 2 aromatic heterocycles. The fourth-order valence-corrected chi connectivity index (χ4v) is 5.20. The Bertz CT molecular complexity index is 817. The number of aromatic nitrogens is 2. The van der Waals surface area contributed by atoms with Crippen LogP contribution in [0.25, 0.3) is 0 Å². The minimum atomic E-state index is 0.0579. The molecule has 0 aromatic carbocycles. The molecule has 138 valence electrons. The Morgan fingerprint density at radius 2 is 2.15 bits per heavy atom. The van der Waals surface area contributed by atoms with Crippen molar-refractivity contribution in [1.82, 2.24) is 14.5 Å². The first-order chi connectivity index (χ1) is 12.6. The molecular formula is C20H26N4OS. The third kappa shape index (κ3) is 2.95. The predicted octanol–water partition coefficient (Wildman–Crippen LogP) is 3.74. The average Bonchev–Trinajstić information content (AvgIpc) is 3.24. The van der Waals surface area contributed by atoms with Crippen molar-refractivity contribution in [3.8, 4) is 0 Å². The highest BCUT2D eigenvalue weighted by molar-refractivity contribution is 8.14. The van der Waals surface area contributed by atoms with Crippen LogP contribution in [0.15, 0.2) is 35.5 Å². The molecule has 4 heterocycles. The highest BCUT2D eigenvalue weighted by Gasteiger charge is 2.44. The smallest absolute Gasteiger partial charge is 0.160 e. The van der Waals surface area contributed by atoms with Gasteiger partial charge in [-0.1, -0.05) is 24.8 Å². The van der Waals surface area contributed by atoms with E-state index in [1.165, 1.54) is 22.1 Å². The number of fused-ring (bicyclic) bond motifs is 1. The molecular weight excluding hydrogens is 344 g/mol. The van der Waals surface area contributed by atoms with Gasteiger partial charge in [-0.3, -0.25) is 9.98 Å². The third-order valence-electron chi connectivity index (χ3n) is 5.33. The quantitative estimate of drug-likeness (QED) is 0.804. The van der Waals surface area contributed by atoms with E-state index in [0.29, 0.717) is 5.25 Å². The van der Waals surface area contributed by atoms with Crippen LogP contribution < -0.4 is 0 Å². The summed E-state index contributed by atoms with van der Waals surface area (Å²) in [6, 6.07) is 8.73. The van der Waals surface area contributed by atoms with Crippen molar-refractivity contribution < 1.29 is 4.74 Å². The summed E-state index contributed by atoms with van der Waals surface area (Å²) in [6.07, 6.45) is 1.87. The molecule has 1 fully saturated rings. The molecule has 0 amide bonds. The van der Waals surface area contributed by atoms with Crippen LogP contribution in [0.2, 0.25) is 0 Å². The van der Waals surface area contributed by atoms with Gasteiger partial charge in [-0.05, 0) is 37.6 Å². The van der Waals surface area contributed by atoms with Gasteiger partial charge in [0.25, 0.3) is 0 Å². The van der Waals surface area contributed by atoms with E-state index in [2.05, 4.69) is 53.4 Å². The highest BCUT2D eigenvalue weighted by Crippen LogP contribution is 2.48. The van der Waals surface area contributed by atoms with Crippen molar-refractivity contribution >= 4 is 16.9 Å². The van der Waals surface area contributed by atoms with Gasteiger partial charge in [0.05, 0.1) is 18.3 Å². The molecule has 4 rings (SSSR count). The van der Waals surface area contributed by atoms with Crippen LogP contribution in [0.3, 0.4) is 0 Å². The first-order valence-corrected chi connectivity index (χ1v) is 10.1. The van der Waals surface area contributed by atoms with Crippen molar-refractivity contribution in [2.75, 3.05) is 20.3 Å². The largest absolute Gasteiger partial charge is 0.383 e. The maximum Gasteiger partial charge on any atom is 0.160 e. The fourth-order valence-electron chi connectivity index (χ4n) is 4.11. The minimum absolute atomic E-state index is 0.0579. The number of rotatable bonds is 5. The number of hydrogen-bond donors (Lipinski definition) is 0. The minimum Gasteiger partial charge on any atom is -0.383 e. The van der Waals surface area contributed by atoms with Gasteiger partial charge in [-0.2, -0.15) is 0 Å². The van der Waals surface area contributed by atoms with E-state index in [9.17, 15) is 0 Å². The van der Waals surface area contributed by atoms with Gasteiger partial charge in [0.2, 0.25) is 0 Å². The summed E-state index contributed by atoms with van der Waals surface area (Å²) in [5.74, 6) is 0. The lowest BCUT2D eigenvalue weighted by Crippen LogP contribution is -2.29. The number of aliphatic imine (C=N–C) groups is 1. The lowest BCUT2D eigenvalue weighted by molar-refractivity contribution is 0.186. The summed E-state index contributed by atoms with van der Waals surface area (Å²) >= 11 is 1.89. The molecule has 1 saturated heterocycles. The van der Waals surface area contributed by atoms with Gasteiger partial charge in [0, 0.05) is 43.0 Å².